The number of hydrogen-bond acceptors (Lipinski definition) is 16. The van der Waals surface area contributed by atoms with Crippen LogP contribution in [0.5, 0.6) is 0 Å². The van der Waals surface area contributed by atoms with Crippen molar-refractivity contribution >= 4 is 42.2 Å². The van der Waals surface area contributed by atoms with Gasteiger partial charge in [0.1, 0.15) is 12.6 Å². The van der Waals surface area contributed by atoms with E-state index in [1.165, 1.54) is 4.90 Å². The van der Waals surface area contributed by atoms with E-state index in [9.17, 15) is 33.6 Å². The predicted molar refractivity (Wildman–Crippen MR) is 183 cm³/mol. The number of nitrogens with zero attached hydrogens (tertiary/aromatic N) is 3. The van der Waals surface area contributed by atoms with Crippen molar-refractivity contribution in [2.24, 2.45) is 0 Å². The molecule has 0 spiro atoms. The highest BCUT2D eigenvalue weighted by atomic mass is 16.7. The minimum absolute atomic E-state index is 0.0327. The number of likely N-dealkylation sites (N-methyl/N-ethyl adjacent to an activating group) is 1. The highest BCUT2D eigenvalue weighted by Gasteiger charge is 2.32. The normalized spacial score (nSPS) is 12.8. The van der Waals surface area contributed by atoms with Crippen molar-refractivity contribution in [3.63, 3.8) is 0 Å². The molecule has 0 atom stereocenters. The molecule has 0 unspecified atom stereocenters. The van der Waals surface area contributed by atoms with Gasteiger partial charge in [-0.05, 0) is 6.08 Å². The van der Waals surface area contributed by atoms with Gasteiger partial charge in [0.2, 0.25) is 11.8 Å². The van der Waals surface area contributed by atoms with Crippen LogP contribution >= 0.6 is 0 Å². The van der Waals surface area contributed by atoms with Gasteiger partial charge < -0.3 is 57.3 Å². The van der Waals surface area contributed by atoms with E-state index in [1.807, 2.05) is 0 Å². The molecule has 302 valence electrons. The summed E-state index contributed by atoms with van der Waals surface area (Å²) in [5.41, 5.74) is 0. The summed E-state index contributed by atoms with van der Waals surface area (Å²) >= 11 is 0. The van der Waals surface area contributed by atoms with E-state index in [-0.39, 0.29) is 77.1 Å². The van der Waals surface area contributed by atoms with Crippen LogP contribution < -0.4 is 0 Å². The van der Waals surface area contributed by atoms with E-state index in [4.69, 9.17) is 42.7 Å². The summed E-state index contributed by atoms with van der Waals surface area (Å²) in [6.07, 6.45) is 3.93. The van der Waals surface area contributed by atoms with Gasteiger partial charge in [0.25, 0.3) is 11.8 Å². The molecule has 19 heteroatoms. The fraction of sp³-hybridized carbons (Fsp3) is 0.735. The smallest absolute Gasteiger partial charge is 0.335 e. The first kappa shape index (κ1) is 47.3. The van der Waals surface area contributed by atoms with Crippen LogP contribution in [0, 0.1) is 0 Å². The minimum Gasteiger partial charge on any atom is -0.379 e. The summed E-state index contributed by atoms with van der Waals surface area (Å²) in [4.78, 5) is 88.0. The van der Waals surface area contributed by atoms with Gasteiger partial charge in [-0.1, -0.05) is 0 Å². The molecule has 1 saturated heterocycles. The number of aldehydes is 2. The first-order chi connectivity index (χ1) is 25.8. The van der Waals surface area contributed by atoms with Crippen molar-refractivity contribution in [1.82, 2.24) is 14.9 Å². The molecular formula is C34H55N3O16. The lowest BCUT2D eigenvalue weighted by Crippen LogP contribution is -2.39. The second-order valence-electron chi connectivity index (χ2n) is 11.0. The summed E-state index contributed by atoms with van der Waals surface area (Å²) in [5.74, 6) is -2.38. The molecule has 1 aliphatic rings. The van der Waals surface area contributed by atoms with Crippen molar-refractivity contribution in [1.29, 1.82) is 0 Å². The SMILES string of the molecule is CN(CCC(=O)N(CCOCCOCCOCCOCCC=O)CCOCCOCCOCCOCCC(=O)ON1C(=O)CCC1=O)C(=O)/C=C\C=O. The highest BCUT2D eigenvalue weighted by molar-refractivity contribution is 6.01. The lowest BCUT2D eigenvalue weighted by atomic mass is 10.3. The highest BCUT2D eigenvalue weighted by Crippen LogP contribution is 2.12. The molecule has 0 aromatic carbocycles. The molecule has 19 nitrogen and oxygen atoms in total. The molecule has 1 rings (SSSR count). The second-order valence-corrected chi connectivity index (χ2v) is 11.0. The Morgan fingerprint density at radius 1 is 0.604 bits per heavy atom. The van der Waals surface area contributed by atoms with E-state index in [0.29, 0.717) is 104 Å². The van der Waals surface area contributed by atoms with Gasteiger partial charge in [0.15, 0.2) is 0 Å². The monoisotopic (exact) mass is 761 g/mol. The number of imide groups is 1. The number of hydrogen-bond donors (Lipinski definition) is 0. The zero-order valence-electron chi connectivity index (χ0n) is 30.7. The zero-order chi connectivity index (χ0) is 38.8. The minimum atomic E-state index is -0.732. The molecule has 1 aliphatic heterocycles. The van der Waals surface area contributed by atoms with Crippen LogP contribution in [0.1, 0.15) is 32.1 Å². The third-order valence-corrected chi connectivity index (χ3v) is 6.98. The second kappa shape index (κ2) is 32.9. The number of ether oxygens (including phenoxy) is 8. The number of carbonyl (C=O) groups excluding carboxylic acids is 7. The zero-order valence-corrected chi connectivity index (χ0v) is 30.7. The molecule has 0 radical (unpaired) electrons. The van der Waals surface area contributed by atoms with Crippen LogP contribution in [0.2, 0.25) is 0 Å². The number of allylic oxidation sites excluding steroid dienone is 1. The Kier molecular flexibility index (Phi) is 29.4. The average Bonchev–Trinajstić information content (AvgIpc) is 3.47. The van der Waals surface area contributed by atoms with Crippen molar-refractivity contribution in [2.75, 3.05) is 132 Å². The van der Waals surface area contributed by atoms with Crippen molar-refractivity contribution in [3.8, 4) is 0 Å². The van der Waals surface area contributed by atoms with Crippen molar-refractivity contribution in [2.45, 2.75) is 32.1 Å². The molecular weight excluding hydrogens is 706 g/mol. The largest absolute Gasteiger partial charge is 0.379 e. The standard InChI is InChI=1S/C34H55N3O16/c1-35(30(40)4-2-12-38)9-7-31(41)36(10-16-47-20-24-51-28-26-49-22-18-45-14-3-13-39)11-17-48-21-25-52-29-27-50-23-19-46-15-8-34(44)53-37-32(42)5-6-33(37)43/h2,4,12-13H,3,5-11,14-29H2,1H3/b4-2-. The summed E-state index contributed by atoms with van der Waals surface area (Å²) in [6, 6.07) is 0. The lowest BCUT2D eigenvalue weighted by molar-refractivity contribution is -0.198. The molecule has 0 saturated carbocycles. The van der Waals surface area contributed by atoms with E-state index >= 15 is 0 Å². The molecule has 0 N–H and O–H groups in total. The van der Waals surface area contributed by atoms with Gasteiger partial charge in [-0.2, -0.15) is 0 Å². The van der Waals surface area contributed by atoms with Gasteiger partial charge in [0.05, 0.1) is 112 Å². The Morgan fingerprint density at radius 3 is 1.49 bits per heavy atom. The Balaban J connectivity index is 2.17. The van der Waals surface area contributed by atoms with E-state index in [1.54, 1.807) is 11.9 Å². The first-order valence-electron chi connectivity index (χ1n) is 17.6. The number of rotatable bonds is 36. The van der Waals surface area contributed by atoms with Gasteiger partial charge in [-0.15, -0.1) is 5.06 Å². The van der Waals surface area contributed by atoms with Gasteiger partial charge in [-0.3, -0.25) is 24.0 Å². The summed E-state index contributed by atoms with van der Waals surface area (Å²) < 4.78 is 43.5. The molecule has 0 bridgehead atoms. The summed E-state index contributed by atoms with van der Waals surface area (Å²) in [6.45, 7) is 5.74. The quantitative estimate of drug-likeness (QED) is 0.0329. The van der Waals surface area contributed by atoms with E-state index in [0.717, 1.165) is 18.4 Å². The maximum Gasteiger partial charge on any atom is 0.335 e. The van der Waals surface area contributed by atoms with Crippen LogP contribution in [-0.4, -0.2) is 189 Å². The molecule has 0 aromatic heterocycles. The van der Waals surface area contributed by atoms with E-state index < -0.39 is 17.8 Å². The predicted octanol–water partition coefficient (Wildman–Crippen LogP) is -0.862. The van der Waals surface area contributed by atoms with Gasteiger partial charge >= 0.3 is 5.97 Å². The van der Waals surface area contributed by atoms with Gasteiger partial charge in [-0.25, -0.2) is 4.79 Å². The Bertz CT molecular complexity index is 1080. The van der Waals surface area contributed by atoms with Crippen molar-refractivity contribution in [3.05, 3.63) is 12.2 Å². The maximum absolute atomic E-state index is 13.0. The maximum atomic E-state index is 13.0. The van der Waals surface area contributed by atoms with E-state index in [2.05, 4.69) is 0 Å². The number of amides is 4. The Morgan fingerprint density at radius 2 is 1.04 bits per heavy atom. The molecule has 1 fully saturated rings. The summed E-state index contributed by atoms with van der Waals surface area (Å²) in [5, 5.41) is 0.497. The van der Waals surface area contributed by atoms with Crippen LogP contribution in [0.25, 0.3) is 0 Å². The first-order valence-corrected chi connectivity index (χ1v) is 17.6. The fourth-order valence-corrected chi connectivity index (χ4v) is 4.11. The average molecular weight is 762 g/mol. The van der Waals surface area contributed by atoms with Crippen LogP contribution in [-0.2, 0) is 76.3 Å². The van der Waals surface area contributed by atoms with Gasteiger partial charge in [0, 0.05) is 58.4 Å². The Labute approximate surface area is 309 Å². The van der Waals surface area contributed by atoms with Crippen LogP contribution in [0.15, 0.2) is 12.2 Å². The lowest BCUT2D eigenvalue weighted by Gasteiger charge is -2.24. The Hall–Kier alpha value is -3.69. The molecule has 4 amide bonds. The van der Waals surface area contributed by atoms with Crippen LogP contribution in [0.3, 0.4) is 0 Å². The fourth-order valence-electron chi connectivity index (χ4n) is 4.11. The van der Waals surface area contributed by atoms with Crippen LogP contribution in [0.4, 0.5) is 0 Å². The third kappa shape index (κ3) is 25.8. The number of hydroxylamine groups is 2. The molecule has 1 heterocycles. The topological polar surface area (TPSA) is 212 Å². The molecule has 0 aromatic rings. The third-order valence-electron chi connectivity index (χ3n) is 6.98. The molecule has 53 heavy (non-hydrogen) atoms. The van der Waals surface area contributed by atoms with Crippen molar-refractivity contribution < 1.29 is 76.3 Å². The molecule has 0 aliphatic carbocycles. The number of carbonyl (C=O) groups is 7. The summed E-state index contributed by atoms with van der Waals surface area (Å²) in [7, 11) is 1.54.